The number of hydrogen-bond acceptors (Lipinski definition) is 5. The van der Waals surface area contributed by atoms with Crippen LogP contribution in [0.4, 0.5) is 0 Å². The van der Waals surface area contributed by atoms with Crippen LogP contribution in [0.3, 0.4) is 0 Å². The molecule has 0 unspecified atom stereocenters. The van der Waals surface area contributed by atoms with E-state index >= 15 is 0 Å². The first-order valence-corrected chi connectivity index (χ1v) is 5.24. The van der Waals surface area contributed by atoms with E-state index in [0.717, 1.165) is 16.4 Å². The average Bonchev–Trinajstić information content (AvgIpc) is 2.70. The molecular formula is C9H10N4S. The van der Waals surface area contributed by atoms with E-state index in [1.807, 2.05) is 0 Å². The fourth-order valence-electron chi connectivity index (χ4n) is 1.21. The maximum absolute atomic E-state index is 4.31. The quantitative estimate of drug-likeness (QED) is 0.755. The molecule has 0 amide bonds. The second-order valence-electron chi connectivity index (χ2n) is 3.19. The van der Waals surface area contributed by atoms with Crippen molar-refractivity contribution in [2.24, 2.45) is 0 Å². The minimum absolute atomic E-state index is 0.350. The Labute approximate surface area is 86.1 Å². The van der Waals surface area contributed by atoms with Crippen LogP contribution in [0.15, 0.2) is 17.9 Å². The molecule has 2 rings (SSSR count). The van der Waals surface area contributed by atoms with E-state index in [2.05, 4.69) is 34.0 Å². The molecule has 0 aromatic carbocycles. The van der Waals surface area contributed by atoms with Crippen LogP contribution in [0.25, 0.3) is 10.7 Å². The molecule has 0 atom stereocenters. The minimum atomic E-state index is 0.350. The molecule has 14 heavy (non-hydrogen) atoms. The molecule has 0 saturated heterocycles. The minimum Gasteiger partial charge on any atom is -0.257 e. The van der Waals surface area contributed by atoms with Crippen molar-refractivity contribution in [2.45, 2.75) is 19.8 Å². The lowest BCUT2D eigenvalue weighted by Gasteiger charge is -2.06. The Morgan fingerprint density at radius 3 is 2.64 bits per heavy atom. The molecule has 0 aliphatic rings. The highest BCUT2D eigenvalue weighted by molar-refractivity contribution is 7.12. The predicted molar refractivity (Wildman–Crippen MR) is 55.0 cm³/mol. The van der Waals surface area contributed by atoms with Gasteiger partial charge in [-0.3, -0.25) is 9.97 Å². The second kappa shape index (κ2) is 3.79. The van der Waals surface area contributed by atoms with Gasteiger partial charge in [0, 0.05) is 12.4 Å². The Balaban J connectivity index is 2.53. The van der Waals surface area contributed by atoms with Gasteiger partial charge in [0.2, 0.25) is 0 Å². The predicted octanol–water partition coefficient (Wildman–Crippen LogP) is 2.12. The van der Waals surface area contributed by atoms with Gasteiger partial charge in [-0.2, -0.15) is 0 Å². The summed E-state index contributed by atoms with van der Waals surface area (Å²) < 4.78 is 0. The topological polar surface area (TPSA) is 51.6 Å². The third kappa shape index (κ3) is 1.63. The molecule has 5 heteroatoms. The Bertz CT molecular complexity index is 411. The molecule has 0 saturated carbocycles. The van der Waals surface area contributed by atoms with Crippen molar-refractivity contribution >= 4 is 11.3 Å². The van der Waals surface area contributed by atoms with Crippen LogP contribution in [-0.2, 0) is 0 Å². The normalized spacial score (nSPS) is 10.8. The van der Waals surface area contributed by atoms with E-state index in [9.17, 15) is 0 Å². The van der Waals surface area contributed by atoms with E-state index in [4.69, 9.17) is 0 Å². The Hall–Kier alpha value is -1.36. The van der Waals surface area contributed by atoms with Crippen molar-refractivity contribution in [1.82, 2.24) is 20.2 Å². The molecule has 0 aliphatic heterocycles. The Morgan fingerprint density at radius 1 is 1.21 bits per heavy atom. The number of nitrogens with zero attached hydrogens (tertiary/aromatic N) is 4. The molecule has 0 N–H and O–H groups in total. The highest BCUT2D eigenvalue weighted by Crippen LogP contribution is 2.25. The van der Waals surface area contributed by atoms with Gasteiger partial charge in [-0.15, -0.1) is 10.2 Å². The molecule has 2 heterocycles. The van der Waals surface area contributed by atoms with Gasteiger partial charge in [-0.1, -0.05) is 25.2 Å². The van der Waals surface area contributed by atoms with Crippen molar-refractivity contribution in [3.63, 3.8) is 0 Å². The van der Waals surface area contributed by atoms with Gasteiger partial charge in [0.25, 0.3) is 0 Å². The van der Waals surface area contributed by atoms with Crippen molar-refractivity contribution in [1.29, 1.82) is 0 Å². The molecule has 2 aromatic heterocycles. The van der Waals surface area contributed by atoms with Crippen LogP contribution in [-0.4, -0.2) is 20.2 Å². The summed E-state index contributed by atoms with van der Waals surface area (Å²) in [5, 5.41) is 8.63. The first kappa shape index (κ1) is 9.21. The zero-order valence-corrected chi connectivity index (χ0v) is 8.82. The van der Waals surface area contributed by atoms with Gasteiger partial charge in [0.15, 0.2) is 5.01 Å². The fraction of sp³-hybridized carbons (Fsp3) is 0.333. The molecule has 4 nitrogen and oxygen atoms in total. The molecule has 0 aliphatic carbocycles. The van der Waals surface area contributed by atoms with E-state index in [1.165, 1.54) is 11.3 Å². The summed E-state index contributed by atoms with van der Waals surface area (Å²) in [5.41, 5.74) is 3.53. The van der Waals surface area contributed by atoms with Crippen LogP contribution in [0.1, 0.15) is 25.5 Å². The smallest absolute Gasteiger partial charge is 0.167 e. The summed E-state index contributed by atoms with van der Waals surface area (Å²) >= 11 is 1.48. The van der Waals surface area contributed by atoms with E-state index < -0.39 is 0 Å². The first-order chi connectivity index (χ1) is 6.79. The molecule has 2 aromatic rings. The maximum Gasteiger partial charge on any atom is 0.167 e. The van der Waals surface area contributed by atoms with Gasteiger partial charge >= 0.3 is 0 Å². The molecule has 72 valence electrons. The second-order valence-corrected chi connectivity index (χ2v) is 4.02. The largest absolute Gasteiger partial charge is 0.257 e. The summed E-state index contributed by atoms with van der Waals surface area (Å²) in [7, 11) is 0. The number of hydrogen-bond donors (Lipinski definition) is 0. The molecule has 0 radical (unpaired) electrons. The monoisotopic (exact) mass is 206 g/mol. The highest BCUT2D eigenvalue weighted by Gasteiger charge is 2.13. The van der Waals surface area contributed by atoms with Crippen molar-refractivity contribution in [3.05, 3.63) is 23.6 Å². The summed E-state index contributed by atoms with van der Waals surface area (Å²) in [4.78, 5) is 8.60. The van der Waals surface area contributed by atoms with Crippen molar-refractivity contribution in [2.75, 3.05) is 0 Å². The zero-order chi connectivity index (χ0) is 9.97. The average molecular weight is 206 g/mol. The number of rotatable bonds is 2. The lowest BCUT2D eigenvalue weighted by Crippen LogP contribution is -1.98. The summed E-state index contributed by atoms with van der Waals surface area (Å²) in [5.74, 6) is 0.350. The SMILES string of the molecule is CC(C)c1nccnc1-c1nncs1. The molecule has 0 spiro atoms. The van der Waals surface area contributed by atoms with Crippen LogP contribution in [0, 0.1) is 0 Å². The van der Waals surface area contributed by atoms with Gasteiger partial charge < -0.3 is 0 Å². The Kier molecular flexibility index (Phi) is 2.49. The van der Waals surface area contributed by atoms with Crippen LogP contribution >= 0.6 is 11.3 Å². The zero-order valence-electron chi connectivity index (χ0n) is 8.01. The first-order valence-electron chi connectivity index (χ1n) is 4.36. The molecule has 0 bridgehead atoms. The van der Waals surface area contributed by atoms with E-state index in [0.29, 0.717) is 5.92 Å². The van der Waals surface area contributed by atoms with Crippen LogP contribution in [0.2, 0.25) is 0 Å². The van der Waals surface area contributed by atoms with E-state index in [1.54, 1.807) is 17.9 Å². The third-order valence-corrected chi connectivity index (χ3v) is 2.53. The Morgan fingerprint density at radius 2 is 2.00 bits per heavy atom. The molecule has 0 fully saturated rings. The summed E-state index contributed by atoms with van der Waals surface area (Å²) in [6, 6.07) is 0. The lowest BCUT2D eigenvalue weighted by atomic mass is 10.1. The maximum atomic E-state index is 4.31. The van der Waals surface area contributed by atoms with Gasteiger partial charge in [0.1, 0.15) is 11.2 Å². The summed E-state index contributed by atoms with van der Waals surface area (Å²) in [6.45, 7) is 4.18. The molecular weight excluding hydrogens is 196 g/mol. The van der Waals surface area contributed by atoms with Gasteiger partial charge in [-0.25, -0.2) is 0 Å². The van der Waals surface area contributed by atoms with E-state index in [-0.39, 0.29) is 0 Å². The highest BCUT2D eigenvalue weighted by atomic mass is 32.1. The van der Waals surface area contributed by atoms with Gasteiger partial charge in [-0.05, 0) is 5.92 Å². The van der Waals surface area contributed by atoms with Crippen LogP contribution < -0.4 is 0 Å². The van der Waals surface area contributed by atoms with Crippen molar-refractivity contribution < 1.29 is 0 Å². The van der Waals surface area contributed by atoms with Crippen LogP contribution in [0.5, 0.6) is 0 Å². The van der Waals surface area contributed by atoms with Crippen molar-refractivity contribution in [3.8, 4) is 10.7 Å². The fourth-order valence-corrected chi connectivity index (χ4v) is 1.77. The number of aromatic nitrogens is 4. The summed E-state index contributed by atoms with van der Waals surface area (Å²) in [6.07, 6.45) is 3.39. The lowest BCUT2D eigenvalue weighted by molar-refractivity contribution is 0.814. The standard InChI is InChI=1S/C9H10N4S/c1-6(2)7-8(11-4-3-10-7)9-13-12-5-14-9/h3-6H,1-2H3. The third-order valence-electron chi connectivity index (χ3n) is 1.84. The van der Waals surface area contributed by atoms with Gasteiger partial charge in [0.05, 0.1) is 5.69 Å².